The van der Waals surface area contributed by atoms with E-state index in [2.05, 4.69) is 61.2 Å². The van der Waals surface area contributed by atoms with Gasteiger partial charge < -0.3 is 19.3 Å². The summed E-state index contributed by atoms with van der Waals surface area (Å²) in [5.41, 5.74) is 2.71. The van der Waals surface area contributed by atoms with Gasteiger partial charge in [-0.25, -0.2) is 0 Å². The second-order valence-corrected chi connectivity index (χ2v) is 12.5. The third-order valence-electron chi connectivity index (χ3n) is 10.5. The van der Waals surface area contributed by atoms with Crippen molar-refractivity contribution in [2.75, 3.05) is 27.0 Å². The number of rotatable bonds is 7. The van der Waals surface area contributed by atoms with Crippen LogP contribution < -0.4 is 4.74 Å². The second-order valence-electron chi connectivity index (χ2n) is 12.5. The predicted octanol–water partition coefficient (Wildman–Crippen LogP) is 5.64. The summed E-state index contributed by atoms with van der Waals surface area (Å²) in [6.07, 6.45) is 6.13. The Hall–Kier alpha value is -2.41. The lowest BCUT2D eigenvalue weighted by Crippen LogP contribution is -2.61. The summed E-state index contributed by atoms with van der Waals surface area (Å²) in [5, 5.41) is 12.3. The summed E-state index contributed by atoms with van der Waals surface area (Å²) < 4.78 is 17.2. The van der Waals surface area contributed by atoms with Crippen molar-refractivity contribution in [3.8, 4) is 5.75 Å². The third-order valence-corrected chi connectivity index (χ3v) is 10.5. The molecule has 7 atom stereocenters. The molecule has 1 heterocycles. The number of aryl methyl sites for hydroxylation is 1. The molecule has 210 valence electrons. The molecular weight excluding hydrogens is 490 g/mol. The monoisotopic (exact) mass is 533 g/mol. The van der Waals surface area contributed by atoms with Gasteiger partial charge in [0.05, 0.1) is 12.6 Å². The van der Waals surface area contributed by atoms with Crippen LogP contribution in [-0.4, -0.2) is 54.7 Å². The number of aliphatic hydroxyl groups excluding tert-OH is 1. The highest BCUT2D eigenvalue weighted by Gasteiger charge is 2.69. The number of ether oxygens (including phenoxy) is 3. The van der Waals surface area contributed by atoms with Gasteiger partial charge in [-0.1, -0.05) is 56.7 Å². The first kappa shape index (κ1) is 26.8. The maximum absolute atomic E-state index is 13.2. The van der Waals surface area contributed by atoms with Crippen LogP contribution in [0.4, 0.5) is 0 Å². The van der Waals surface area contributed by atoms with Gasteiger partial charge in [0.1, 0.15) is 11.9 Å². The van der Waals surface area contributed by atoms with Crippen LogP contribution in [0.5, 0.6) is 5.75 Å². The first-order valence-electron chi connectivity index (χ1n) is 14.8. The van der Waals surface area contributed by atoms with Gasteiger partial charge in [-0.2, -0.15) is 0 Å². The lowest BCUT2D eigenvalue weighted by molar-refractivity contribution is -0.210. The normalized spacial score (nSPS) is 35.7. The van der Waals surface area contributed by atoms with Crippen LogP contribution in [0, 0.1) is 17.3 Å². The van der Waals surface area contributed by atoms with E-state index in [-0.39, 0.29) is 36.7 Å². The van der Waals surface area contributed by atoms with Gasteiger partial charge >= 0.3 is 5.97 Å². The van der Waals surface area contributed by atoms with Crippen molar-refractivity contribution in [3.63, 3.8) is 0 Å². The molecule has 39 heavy (non-hydrogen) atoms. The average molecular weight is 534 g/mol. The van der Waals surface area contributed by atoms with E-state index in [1.807, 2.05) is 6.07 Å². The lowest BCUT2D eigenvalue weighted by atomic mass is 9.55. The molecule has 1 N–H and O–H groups in total. The van der Waals surface area contributed by atoms with Crippen molar-refractivity contribution in [1.29, 1.82) is 0 Å². The Morgan fingerprint density at radius 2 is 1.97 bits per heavy atom. The Balaban J connectivity index is 1.36. The molecule has 3 fully saturated rings. The molecule has 6 heteroatoms. The topological polar surface area (TPSA) is 68.2 Å². The van der Waals surface area contributed by atoms with Crippen molar-refractivity contribution in [2.24, 2.45) is 17.3 Å². The fraction of sp³-hybridized carbons (Fsp3) is 0.606. The van der Waals surface area contributed by atoms with E-state index in [1.54, 1.807) is 7.11 Å². The van der Waals surface area contributed by atoms with Gasteiger partial charge in [-0.3, -0.25) is 9.69 Å². The van der Waals surface area contributed by atoms with Gasteiger partial charge in [0.2, 0.25) is 0 Å². The number of esters is 1. The van der Waals surface area contributed by atoms with Crippen LogP contribution in [0.25, 0.3) is 0 Å². The van der Waals surface area contributed by atoms with E-state index in [1.165, 1.54) is 11.1 Å². The molecule has 0 amide bonds. The quantitative estimate of drug-likeness (QED) is 0.367. The minimum absolute atomic E-state index is 0.143. The molecule has 0 unspecified atom stereocenters. The Morgan fingerprint density at radius 1 is 1.15 bits per heavy atom. The van der Waals surface area contributed by atoms with E-state index in [0.29, 0.717) is 18.3 Å². The number of methoxy groups -OCH3 is 1. The van der Waals surface area contributed by atoms with Crippen LogP contribution >= 0.6 is 0 Å². The highest BCUT2D eigenvalue weighted by Crippen LogP contribution is 2.66. The van der Waals surface area contributed by atoms with E-state index in [0.717, 1.165) is 56.4 Å². The molecule has 0 aromatic heterocycles. The number of hydrogen-bond acceptors (Lipinski definition) is 6. The zero-order valence-electron chi connectivity index (χ0n) is 23.6. The molecule has 0 radical (unpaired) electrons. The Kier molecular flexibility index (Phi) is 7.23. The Morgan fingerprint density at radius 3 is 2.74 bits per heavy atom. The highest BCUT2D eigenvalue weighted by molar-refractivity contribution is 5.74. The number of fused-ring (bicyclic) bond motifs is 5. The van der Waals surface area contributed by atoms with Crippen molar-refractivity contribution in [2.45, 2.75) is 82.5 Å². The van der Waals surface area contributed by atoms with Crippen LogP contribution in [-0.2, 0) is 20.7 Å². The fourth-order valence-electron chi connectivity index (χ4n) is 8.78. The zero-order valence-corrected chi connectivity index (χ0v) is 23.6. The van der Waals surface area contributed by atoms with E-state index in [9.17, 15) is 9.90 Å². The predicted molar refractivity (Wildman–Crippen MR) is 149 cm³/mol. The number of benzene rings is 2. The molecule has 0 bridgehead atoms. The number of carbonyl (C=O) groups excluding carboxylic acids is 1. The summed E-state index contributed by atoms with van der Waals surface area (Å²) >= 11 is 0. The molecule has 1 saturated heterocycles. The van der Waals surface area contributed by atoms with Gasteiger partial charge in [-0.05, 0) is 91.6 Å². The van der Waals surface area contributed by atoms with Crippen LogP contribution in [0.3, 0.4) is 0 Å². The summed E-state index contributed by atoms with van der Waals surface area (Å²) in [4.78, 5) is 15.5. The number of aliphatic hydroxyl groups is 1. The number of nitrogens with zero attached hydrogens (tertiary/aromatic N) is 1. The molecule has 6 rings (SSSR count). The molecule has 6 nitrogen and oxygen atoms in total. The Labute approximate surface area is 232 Å². The zero-order chi connectivity index (χ0) is 27.2. The van der Waals surface area contributed by atoms with E-state index in [4.69, 9.17) is 14.2 Å². The minimum atomic E-state index is -0.934. The van der Waals surface area contributed by atoms with Gasteiger partial charge in [0.25, 0.3) is 0 Å². The molecular formula is C33H43NO5. The Bertz CT molecular complexity index is 1190. The average Bonchev–Trinajstić information content (AvgIpc) is 3.17. The number of carbonyl (C=O) groups is 1. The summed E-state index contributed by atoms with van der Waals surface area (Å²) in [7, 11) is 1.64. The summed E-state index contributed by atoms with van der Waals surface area (Å²) in [5.74, 6) is 1.85. The van der Waals surface area contributed by atoms with Gasteiger partial charge in [0, 0.05) is 12.5 Å². The van der Waals surface area contributed by atoms with Crippen molar-refractivity contribution in [3.05, 3.63) is 65.2 Å². The molecule has 1 spiro atoms. The largest absolute Gasteiger partial charge is 0.468 e. The minimum Gasteiger partial charge on any atom is -0.468 e. The second kappa shape index (κ2) is 10.5. The summed E-state index contributed by atoms with van der Waals surface area (Å²) in [6.45, 7) is 5.81. The van der Waals surface area contributed by atoms with E-state index >= 15 is 0 Å². The van der Waals surface area contributed by atoms with Crippen molar-refractivity contribution in [1.82, 2.24) is 4.90 Å². The highest BCUT2D eigenvalue weighted by atomic mass is 16.7. The van der Waals surface area contributed by atoms with Crippen molar-refractivity contribution < 1.29 is 24.1 Å². The molecule has 2 saturated carbocycles. The summed E-state index contributed by atoms with van der Waals surface area (Å²) in [6, 6.07) is 16.8. The SMILES string of the molecule is CCCCN1CC(=O)O[C@]2(C[C@H]3[C@@H]4CCc5cc(OCOC)ccc5[C@H]4CC[C@]3(C)[C@H]2O)[C@H]1c1ccccc1. The number of unbranched alkanes of at least 4 members (excludes halogenated alkanes) is 1. The van der Waals surface area contributed by atoms with Crippen LogP contribution in [0.1, 0.15) is 81.0 Å². The van der Waals surface area contributed by atoms with Crippen LogP contribution in [0.2, 0.25) is 0 Å². The molecule has 2 aromatic rings. The molecule has 1 aliphatic heterocycles. The first-order chi connectivity index (χ1) is 18.9. The number of hydrogen-bond donors (Lipinski definition) is 1. The third kappa shape index (κ3) is 4.39. The van der Waals surface area contributed by atoms with Gasteiger partial charge in [0.15, 0.2) is 12.4 Å². The fourth-order valence-corrected chi connectivity index (χ4v) is 8.78. The lowest BCUT2D eigenvalue weighted by Gasteiger charge is -2.51. The maximum Gasteiger partial charge on any atom is 0.320 e. The van der Waals surface area contributed by atoms with E-state index < -0.39 is 11.7 Å². The molecule has 4 aliphatic rings. The first-order valence-corrected chi connectivity index (χ1v) is 14.8. The smallest absolute Gasteiger partial charge is 0.320 e. The standard InChI is InChI=1S/C33H43NO5/c1-4-5-17-34-20-29(35)39-33(30(34)22-9-7-6-8-10-22)19-28-27-13-11-23-18-24(38-21-37-3)12-14-25(23)26(27)15-16-32(28,2)31(33)36/h6-10,12,14,18,26-28,30-31,36H,4-5,11,13,15-17,19-21H2,1-3H3/t26-,27-,28+,30-,31-,32+,33-/m1/s1. The maximum atomic E-state index is 13.2. The van der Waals surface area contributed by atoms with Crippen LogP contribution in [0.15, 0.2) is 48.5 Å². The molecule has 3 aliphatic carbocycles. The van der Waals surface area contributed by atoms with Crippen molar-refractivity contribution >= 4 is 5.97 Å². The number of morpholine rings is 1. The molecule has 2 aromatic carbocycles. The van der Waals surface area contributed by atoms with Gasteiger partial charge in [-0.15, -0.1) is 0 Å².